The van der Waals surface area contributed by atoms with Gasteiger partial charge in [-0.05, 0) is 12.1 Å². The summed E-state index contributed by atoms with van der Waals surface area (Å²) in [5.41, 5.74) is -0.995. The highest BCUT2D eigenvalue weighted by Gasteiger charge is 2.42. The third kappa shape index (κ3) is 2.01. The SMILES string of the molecule is O=C(O)CC(O)(C(=O)O)c1cccc2[nH]c3ccccc3c12. The number of nitrogens with one attached hydrogen (secondary N) is 1. The van der Waals surface area contributed by atoms with Gasteiger partial charge in [0.2, 0.25) is 0 Å². The van der Waals surface area contributed by atoms with Crippen LogP contribution in [0.15, 0.2) is 42.5 Å². The zero-order valence-electron chi connectivity index (χ0n) is 11.4. The summed E-state index contributed by atoms with van der Waals surface area (Å²) in [6.45, 7) is 0. The van der Waals surface area contributed by atoms with Gasteiger partial charge in [-0.25, -0.2) is 4.79 Å². The van der Waals surface area contributed by atoms with E-state index in [1.165, 1.54) is 6.07 Å². The molecule has 0 aliphatic carbocycles. The number of carboxylic acids is 2. The van der Waals surface area contributed by atoms with Gasteiger partial charge in [0.1, 0.15) is 0 Å². The van der Waals surface area contributed by atoms with Crippen LogP contribution in [0, 0.1) is 0 Å². The summed E-state index contributed by atoms with van der Waals surface area (Å²) >= 11 is 0. The first-order chi connectivity index (χ1) is 10.4. The summed E-state index contributed by atoms with van der Waals surface area (Å²) in [4.78, 5) is 25.7. The number of hydrogen-bond donors (Lipinski definition) is 4. The van der Waals surface area contributed by atoms with Gasteiger partial charge in [0.25, 0.3) is 0 Å². The summed E-state index contributed by atoms with van der Waals surface area (Å²) < 4.78 is 0. The fraction of sp³-hybridized carbons (Fsp3) is 0.125. The van der Waals surface area contributed by atoms with Crippen molar-refractivity contribution in [3.63, 3.8) is 0 Å². The van der Waals surface area contributed by atoms with Crippen LogP contribution in [0.2, 0.25) is 0 Å². The Morgan fingerprint density at radius 2 is 1.68 bits per heavy atom. The van der Waals surface area contributed by atoms with Crippen LogP contribution in [0.4, 0.5) is 0 Å². The lowest BCUT2D eigenvalue weighted by atomic mass is 9.87. The molecule has 0 aliphatic heterocycles. The van der Waals surface area contributed by atoms with Gasteiger partial charge in [-0.1, -0.05) is 30.3 Å². The van der Waals surface area contributed by atoms with Crippen molar-refractivity contribution in [1.29, 1.82) is 0 Å². The summed E-state index contributed by atoms with van der Waals surface area (Å²) in [5.74, 6) is -2.98. The van der Waals surface area contributed by atoms with E-state index in [4.69, 9.17) is 5.11 Å². The maximum Gasteiger partial charge on any atom is 0.341 e. The minimum atomic E-state index is -2.49. The van der Waals surface area contributed by atoms with Crippen LogP contribution in [-0.4, -0.2) is 32.2 Å². The summed E-state index contributed by atoms with van der Waals surface area (Å²) in [6.07, 6.45) is -0.916. The molecule has 0 bridgehead atoms. The second kappa shape index (κ2) is 4.85. The summed E-state index contributed by atoms with van der Waals surface area (Å²) in [7, 11) is 0. The van der Waals surface area contributed by atoms with Crippen molar-refractivity contribution in [3.8, 4) is 0 Å². The van der Waals surface area contributed by atoms with E-state index in [1.54, 1.807) is 24.3 Å². The molecular formula is C16H13NO5. The van der Waals surface area contributed by atoms with Crippen LogP contribution >= 0.6 is 0 Å². The van der Waals surface area contributed by atoms with Crippen molar-refractivity contribution in [1.82, 2.24) is 4.98 Å². The van der Waals surface area contributed by atoms with Crippen LogP contribution in [0.3, 0.4) is 0 Å². The highest BCUT2D eigenvalue weighted by molar-refractivity contribution is 6.10. The zero-order valence-corrected chi connectivity index (χ0v) is 11.4. The Kier molecular flexibility index (Phi) is 3.11. The van der Waals surface area contributed by atoms with E-state index < -0.39 is 24.0 Å². The van der Waals surface area contributed by atoms with Crippen molar-refractivity contribution >= 4 is 33.7 Å². The van der Waals surface area contributed by atoms with Crippen LogP contribution < -0.4 is 0 Å². The molecule has 0 radical (unpaired) electrons. The molecule has 6 heteroatoms. The monoisotopic (exact) mass is 299 g/mol. The Hall–Kier alpha value is -2.86. The Bertz CT molecular complexity index is 898. The average molecular weight is 299 g/mol. The molecule has 0 amide bonds. The molecule has 3 rings (SSSR count). The Morgan fingerprint density at radius 1 is 1.00 bits per heavy atom. The lowest BCUT2D eigenvalue weighted by Gasteiger charge is -2.23. The second-order valence-corrected chi connectivity index (χ2v) is 5.13. The van der Waals surface area contributed by atoms with Gasteiger partial charge in [0.15, 0.2) is 5.60 Å². The van der Waals surface area contributed by atoms with E-state index in [0.717, 1.165) is 10.9 Å². The Balaban J connectivity index is 2.38. The molecule has 1 heterocycles. The first kappa shape index (κ1) is 14.1. The largest absolute Gasteiger partial charge is 0.481 e. The number of hydrogen-bond acceptors (Lipinski definition) is 3. The molecule has 0 spiro atoms. The minimum absolute atomic E-state index is 0.0670. The molecule has 3 aromatic rings. The Labute approximate surface area is 124 Å². The minimum Gasteiger partial charge on any atom is -0.481 e. The molecule has 0 saturated carbocycles. The van der Waals surface area contributed by atoms with Crippen molar-refractivity contribution < 1.29 is 24.9 Å². The predicted molar refractivity (Wildman–Crippen MR) is 79.6 cm³/mol. The molecule has 2 aromatic carbocycles. The second-order valence-electron chi connectivity index (χ2n) is 5.13. The Morgan fingerprint density at radius 3 is 2.36 bits per heavy atom. The van der Waals surface area contributed by atoms with Crippen molar-refractivity contribution in [2.24, 2.45) is 0 Å². The maximum atomic E-state index is 11.5. The van der Waals surface area contributed by atoms with Crippen LogP contribution in [0.5, 0.6) is 0 Å². The van der Waals surface area contributed by atoms with Gasteiger partial charge in [-0.3, -0.25) is 4.79 Å². The average Bonchev–Trinajstić information content (AvgIpc) is 2.84. The summed E-state index contributed by atoms with van der Waals surface area (Å²) in [6, 6.07) is 12.0. The van der Waals surface area contributed by atoms with E-state index in [9.17, 15) is 19.8 Å². The van der Waals surface area contributed by atoms with Gasteiger partial charge in [0.05, 0.1) is 6.42 Å². The van der Waals surface area contributed by atoms with Crippen LogP contribution in [0.25, 0.3) is 21.8 Å². The van der Waals surface area contributed by atoms with Crippen molar-refractivity contribution in [3.05, 3.63) is 48.0 Å². The molecule has 0 aliphatic rings. The van der Waals surface area contributed by atoms with E-state index in [2.05, 4.69) is 4.98 Å². The zero-order chi connectivity index (χ0) is 15.9. The predicted octanol–water partition coefficient (Wildman–Crippen LogP) is 2.07. The highest BCUT2D eigenvalue weighted by atomic mass is 16.4. The number of carboxylic acid groups (broad SMARTS) is 2. The number of carbonyl (C=O) groups is 2. The fourth-order valence-corrected chi connectivity index (χ4v) is 2.75. The third-order valence-electron chi connectivity index (χ3n) is 3.74. The molecular weight excluding hydrogens is 286 g/mol. The van der Waals surface area contributed by atoms with E-state index >= 15 is 0 Å². The molecule has 0 fully saturated rings. The van der Waals surface area contributed by atoms with Gasteiger partial charge in [-0.15, -0.1) is 0 Å². The van der Waals surface area contributed by atoms with E-state index in [1.807, 2.05) is 12.1 Å². The topological polar surface area (TPSA) is 111 Å². The number of benzene rings is 2. The van der Waals surface area contributed by atoms with Gasteiger partial charge >= 0.3 is 11.9 Å². The lowest BCUT2D eigenvalue weighted by Crippen LogP contribution is -2.38. The maximum absolute atomic E-state index is 11.5. The van der Waals surface area contributed by atoms with Gasteiger partial charge < -0.3 is 20.3 Å². The third-order valence-corrected chi connectivity index (χ3v) is 3.74. The van der Waals surface area contributed by atoms with Crippen molar-refractivity contribution in [2.45, 2.75) is 12.0 Å². The van der Waals surface area contributed by atoms with E-state index in [0.29, 0.717) is 10.9 Å². The lowest BCUT2D eigenvalue weighted by molar-refractivity contribution is -0.166. The molecule has 6 nitrogen and oxygen atoms in total. The molecule has 22 heavy (non-hydrogen) atoms. The normalized spacial score (nSPS) is 14.0. The van der Waals surface area contributed by atoms with Gasteiger partial charge in [0, 0.05) is 27.4 Å². The number of H-pyrrole nitrogens is 1. The van der Waals surface area contributed by atoms with Crippen molar-refractivity contribution in [2.75, 3.05) is 0 Å². The molecule has 0 saturated heterocycles. The quantitative estimate of drug-likeness (QED) is 0.589. The number of aromatic nitrogens is 1. The standard InChI is InChI=1S/C16H13NO5/c18-13(19)8-16(22,15(20)21)10-5-3-7-12-14(10)9-4-1-2-6-11(9)17-12/h1-7,17,22H,8H2,(H,18,19)(H,20,21). The fourth-order valence-electron chi connectivity index (χ4n) is 2.75. The number of para-hydroxylation sites is 1. The molecule has 1 aromatic heterocycles. The molecule has 112 valence electrons. The van der Waals surface area contributed by atoms with Crippen LogP contribution in [0.1, 0.15) is 12.0 Å². The number of rotatable bonds is 4. The first-order valence-electron chi connectivity index (χ1n) is 6.61. The number of aliphatic hydroxyl groups is 1. The number of aliphatic carboxylic acids is 2. The number of aromatic amines is 1. The smallest absolute Gasteiger partial charge is 0.341 e. The molecule has 4 N–H and O–H groups in total. The molecule has 1 atom stereocenters. The van der Waals surface area contributed by atoms with Gasteiger partial charge in [-0.2, -0.15) is 0 Å². The van der Waals surface area contributed by atoms with E-state index in [-0.39, 0.29) is 5.56 Å². The number of fused-ring (bicyclic) bond motifs is 3. The molecule has 1 unspecified atom stereocenters. The first-order valence-corrected chi connectivity index (χ1v) is 6.61. The van der Waals surface area contributed by atoms with Crippen LogP contribution in [-0.2, 0) is 15.2 Å². The highest BCUT2D eigenvalue weighted by Crippen LogP contribution is 2.36. The summed E-state index contributed by atoms with van der Waals surface area (Å²) in [5, 5.41) is 30.1.